The van der Waals surface area contributed by atoms with E-state index in [1.165, 1.54) is 17.6 Å². The molecule has 3 atom stereocenters. The van der Waals surface area contributed by atoms with Gasteiger partial charge in [0.25, 0.3) is 0 Å². The Kier molecular flexibility index (Phi) is 5.25. The minimum atomic E-state index is -0.508. The molecule has 1 aliphatic carbocycles. The molecule has 2 aliphatic heterocycles. The summed E-state index contributed by atoms with van der Waals surface area (Å²) in [5.74, 6) is 1.40. The molecule has 0 spiro atoms. The van der Waals surface area contributed by atoms with Gasteiger partial charge in [0.05, 0.1) is 23.2 Å². The summed E-state index contributed by atoms with van der Waals surface area (Å²) in [5.41, 5.74) is 2.94. The predicted octanol–water partition coefficient (Wildman–Crippen LogP) is 4.70. The van der Waals surface area contributed by atoms with E-state index in [2.05, 4.69) is 63.7 Å². The maximum Gasteiger partial charge on any atom is 0.243 e. The van der Waals surface area contributed by atoms with E-state index in [9.17, 15) is 0 Å². The number of nitrogens with one attached hydrogen (secondary N) is 2. The Balaban J connectivity index is 1.37. The van der Waals surface area contributed by atoms with Crippen LogP contribution in [0.4, 0.5) is 0 Å². The van der Waals surface area contributed by atoms with Gasteiger partial charge in [-0.05, 0) is 56.3 Å². The molecule has 3 aromatic rings. The summed E-state index contributed by atoms with van der Waals surface area (Å²) in [4.78, 5) is 10.0. The Hall–Kier alpha value is -2.61. The van der Waals surface area contributed by atoms with Gasteiger partial charge in [-0.2, -0.15) is 4.98 Å². The van der Waals surface area contributed by atoms with E-state index in [0.29, 0.717) is 17.8 Å². The zero-order valence-corrected chi connectivity index (χ0v) is 18.8. The fourth-order valence-corrected chi connectivity index (χ4v) is 5.97. The summed E-state index contributed by atoms with van der Waals surface area (Å²) in [7, 11) is 0. The van der Waals surface area contributed by atoms with Crippen LogP contribution in [0.3, 0.4) is 0 Å². The van der Waals surface area contributed by atoms with E-state index >= 15 is 0 Å². The molecule has 6 nitrogen and oxygen atoms in total. The summed E-state index contributed by atoms with van der Waals surface area (Å²) >= 11 is 1.74. The second-order valence-electron chi connectivity index (χ2n) is 8.86. The zero-order chi connectivity index (χ0) is 21.4. The first-order chi connectivity index (χ1) is 15.8. The monoisotopic (exact) mass is 445 g/mol. The van der Waals surface area contributed by atoms with E-state index in [1.807, 2.05) is 6.07 Å². The number of benzene rings is 1. The average Bonchev–Trinajstić information content (AvgIpc) is 3.66. The number of hydrogen-bond acceptors (Lipinski definition) is 7. The fourth-order valence-electron chi connectivity index (χ4n) is 4.96. The highest BCUT2D eigenvalue weighted by Crippen LogP contribution is 2.42. The van der Waals surface area contributed by atoms with Crippen molar-refractivity contribution in [2.45, 2.75) is 49.6 Å². The lowest BCUT2D eigenvalue weighted by Gasteiger charge is -2.28. The van der Waals surface area contributed by atoms with Gasteiger partial charge >= 0.3 is 0 Å². The molecule has 4 heterocycles. The molecule has 2 saturated heterocycles. The van der Waals surface area contributed by atoms with Gasteiger partial charge in [-0.25, -0.2) is 4.98 Å². The molecule has 0 radical (unpaired) electrons. The summed E-state index contributed by atoms with van der Waals surface area (Å²) in [6, 6.07) is 11.0. The second-order valence-corrected chi connectivity index (χ2v) is 9.75. The van der Waals surface area contributed by atoms with Crippen molar-refractivity contribution < 1.29 is 4.52 Å². The molecular formula is C25H27N5OS. The van der Waals surface area contributed by atoms with Crippen molar-refractivity contribution in [1.82, 2.24) is 25.8 Å². The van der Waals surface area contributed by atoms with Crippen LogP contribution in [-0.4, -0.2) is 28.2 Å². The van der Waals surface area contributed by atoms with Crippen molar-refractivity contribution >= 4 is 16.9 Å². The first-order valence-corrected chi connectivity index (χ1v) is 12.4. The maximum absolute atomic E-state index is 5.75. The van der Waals surface area contributed by atoms with Crippen LogP contribution < -0.4 is 10.6 Å². The van der Waals surface area contributed by atoms with Gasteiger partial charge in [-0.3, -0.25) is 0 Å². The number of hydrogen-bond donors (Lipinski definition) is 2. The minimum Gasteiger partial charge on any atom is -0.338 e. The molecule has 2 aromatic heterocycles. The van der Waals surface area contributed by atoms with Gasteiger partial charge in [-0.1, -0.05) is 53.7 Å². The minimum absolute atomic E-state index is 0.157. The van der Waals surface area contributed by atoms with Crippen molar-refractivity contribution in [1.29, 1.82) is 0 Å². The van der Waals surface area contributed by atoms with Crippen LogP contribution in [0, 0.1) is 0 Å². The first-order valence-electron chi connectivity index (χ1n) is 11.5. The summed E-state index contributed by atoms with van der Waals surface area (Å²) in [6.45, 7) is 2.07. The predicted molar refractivity (Wildman–Crippen MR) is 125 cm³/mol. The van der Waals surface area contributed by atoms with E-state index in [1.54, 1.807) is 11.3 Å². The molecule has 0 saturated carbocycles. The summed E-state index contributed by atoms with van der Waals surface area (Å²) in [6.07, 6.45) is 12.0. The summed E-state index contributed by atoms with van der Waals surface area (Å²) < 4.78 is 5.75. The Bertz CT molecular complexity index is 1080. The van der Waals surface area contributed by atoms with E-state index in [-0.39, 0.29) is 6.04 Å². The molecule has 164 valence electrons. The molecule has 2 N–H and O–H groups in total. The molecule has 1 aromatic carbocycles. The first kappa shape index (κ1) is 20.0. The highest BCUT2D eigenvalue weighted by atomic mass is 32.1. The lowest BCUT2D eigenvalue weighted by Crippen LogP contribution is -2.29. The highest BCUT2D eigenvalue weighted by Gasteiger charge is 2.41. The van der Waals surface area contributed by atoms with Crippen LogP contribution in [0.1, 0.15) is 72.2 Å². The van der Waals surface area contributed by atoms with Crippen LogP contribution in [-0.2, 0) is 5.41 Å². The van der Waals surface area contributed by atoms with Gasteiger partial charge in [0, 0.05) is 5.38 Å². The third-order valence-electron chi connectivity index (χ3n) is 6.84. The lowest BCUT2D eigenvalue weighted by molar-refractivity contribution is 0.337. The van der Waals surface area contributed by atoms with Gasteiger partial charge < -0.3 is 15.2 Å². The van der Waals surface area contributed by atoms with Gasteiger partial charge in [0.15, 0.2) is 5.82 Å². The molecule has 0 bridgehead atoms. The second kappa shape index (κ2) is 8.39. The van der Waals surface area contributed by atoms with Crippen molar-refractivity contribution in [2.75, 3.05) is 13.1 Å². The topological polar surface area (TPSA) is 75.9 Å². The molecule has 32 heavy (non-hydrogen) atoms. The van der Waals surface area contributed by atoms with E-state index < -0.39 is 5.41 Å². The third kappa shape index (κ3) is 3.54. The average molecular weight is 446 g/mol. The van der Waals surface area contributed by atoms with Gasteiger partial charge in [-0.15, -0.1) is 11.3 Å². The lowest BCUT2D eigenvalue weighted by atomic mass is 9.76. The molecule has 3 aliphatic rings. The quantitative estimate of drug-likeness (QED) is 0.593. The molecule has 2 fully saturated rings. The van der Waals surface area contributed by atoms with Gasteiger partial charge in [0.1, 0.15) is 5.01 Å². The van der Waals surface area contributed by atoms with Crippen LogP contribution in [0.15, 0.2) is 58.5 Å². The number of thiazole rings is 1. The van der Waals surface area contributed by atoms with E-state index in [4.69, 9.17) is 14.5 Å². The Morgan fingerprint density at radius 3 is 2.53 bits per heavy atom. The normalized spacial score (nSPS) is 27.7. The summed E-state index contributed by atoms with van der Waals surface area (Å²) in [5, 5.41) is 14.9. The van der Waals surface area contributed by atoms with E-state index in [0.717, 1.165) is 49.5 Å². The fraction of sp³-hybridized carbons (Fsp3) is 0.400. The largest absolute Gasteiger partial charge is 0.338 e. The molecular weight excluding hydrogens is 418 g/mol. The molecule has 1 unspecified atom stereocenters. The Labute approximate surface area is 191 Å². The maximum atomic E-state index is 5.75. The number of nitrogens with zero attached hydrogens (tertiary/aromatic N) is 3. The molecule has 6 rings (SSSR count). The van der Waals surface area contributed by atoms with Crippen LogP contribution in [0.25, 0.3) is 5.57 Å². The zero-order valence-electron chi connectivity index (χ0n) is 18.0. The number of aromatic nitrogens is 3. The third-order valence-corrected chi connectivity index (χ3v) is 7.79. The molecule has 0 amide bonds. The SMILES string of the molecule is C1=CC(c2csc([C@@H]3CCCN3)n2)(c2noc([C@@H]3CCCN3)n2)CC=C1c1ccccc1. The number of rotatable bonds is 5. The van der Waals surface area contributed by atoms with Crippen molar-refractivity contribution in [3.05, 3.63) is 81.9 Å². The van der Waals surface area contributed by atoms with Crippen LogP contribution >= 0.6 is 11.3 Å². The standard InChI is InChI=1S/C25H27N5OS/c1-2-6-17(7-3-1)18-10-12-25(13-11-18,21-16-32-23(28-21)20-9-5-15-27-20)24-29-22(31-30-24)19-8-4-14-26-19/h1-3,6-7,10-12,16,19-20,26-27H,4-5,8-9,13-15H2/t19-,20-,25?/m0/s1. The van der Waals surface area contributed by atoms with Crippen LogP contribution in [0.5, 0.6) is 0 Å². The smallest absolute Gasteiger partial charge is 0.243 e. The van der Waals surface area contributed by atoms with Crippen molar-refractivity contribution in [2.24, 2.45) is 0 Å². The van der Waals surface area contributed by atoms with Crippen molar-refractivity contribution in [3.63, 3.8) is 0 Å². The number of allylic oxidation sites excluding steroid dienone is 4. The Morgan fingerprint density at radius 2 is 1.81 bits per heavy atom. The highest BCUT2D eigenvalue weighted by molar-refractivity contribution is 7.09. The van der Waals surface area contributed by atoms with Crippen LogP contribution in [0.2, 0.25) is 0 Å². The Morgan fingerprint density at radius 1 is 1.00 bits per heavy atom. The molecule has 7 heteroatoms. The van der Waals surface area contributed by atoms with Gasteiger partial charge in [0.2, 0.25) is 5.89 Å². The van der Waals surface area contributed by atoms with Crippen molar-refractivity contribution in [3.8, 4) is 0 Å².